The summed E-state index contributed by atoms with van der Waals surface area (Å²) in [6.07, 6.45) is 8.96. The Morgan fingerprint density at radius 3 is 2.00 bits per heavy atom. The largest absolute Gasteiger partial charge is 0.493 e. The van der Waals surface area contributed by atoms with Crippen molar-refractivity contribution < 1.29 is 4.74 Å². The molecule has 0 bridgehead atoms. The van der Waals surface area contributed by atoms with E-state index in [0.29, 0.717) is 5.56 Å². The van der Waals surface area contributed by atoms with Crippen LogP contribution in [0.25, 0.3) is 0 Å². The zero-order chi connectivity index (χ0) is 15.5. The van der Waals surface area contributed by atoms with Crippen LogP contribution < -0.4 is 4.74 Å². The van der Waals surface area contributed by atoms with E-state index in [4.69, 9.17) is 10.00 Å². The summed E-state index contributed by atoms with van der Waals surface area (Å²) in [7, 11) is 0. The van der Waals surface area contributed by atoms with E-state index < -0.39 is 0 Å². The van der Waals surface area contributed by atoms with Gasteiger partial charge in [-0.1, -0.05) is 48.0 Å². The van der Waals surface area contributed by atoms with E-state index in [9.17, 15) is 0 Å². The third-order valence-corrected chi connectivity index (χ3v) is 4.17. The first-order valence-corrected chi connectivity index (χ1v) is 9.01. The number of alkyl halides is 1. The number of nitriles is 1. The smallest absolute Gasteiger partial charge is 0.125 e. The molecule has 0 heterocycles. The highest BCUT2D eigenvalue weighted by molar-refractivity contribution is 9.09. The molecule has 116 valence electrons. The van der Waals surface area contributed by atoms with Crippen LogP contribution in [0.3, 0.4) is 0 Å². The van der Waals surface area contributed by atoms with Crippen LogP contribution >= 0.6 is 15.9 Å². The second-order valence-electron chi connectivity index (χ2n) is 5.56. The van der Waals surface area contributed by atoms with Crippen molar-refractivity contribution in [2.75, 3.05) is 11.9 Å². The van der Waals surface area contributed by atoms with Crippen molar-refractivity contribution in [3.8, 4) is 11.8 Å². The van der Waals surface area contributed by atoms with Gasteiger partial charge in [-0.05, 0) is 49.9 Å². The zero-order valence-corrected chi connectivity index (χ0v) is 14.8. The molecule has 2 nitrogen and oxygen atoms in total. The van der Waals surface area contributed by atoms with Gasteiger partial charge in [-0.3, -0.25) is 0 Å². The van der Waals surface area contributed by atoms with E-state index in [1.807, 2.05) is 26.0 Å². The molecular formula is C18H26BrNO. The van der Waals surface area contributed by atoms with Crippen LogP contribution in [0.4, 0.5) is 0 Å². The first-order chi connectivity index (χ1) is 10.2. The summed E-state index contributed by atoms with van der Waals surface area (Å²) in [4.78, 5) is 0. The second-order valence-corrected chi connectivity index (χ2v) is 6.36. The molecular weight excluding hydrogens is 326 g/mol. The van der Waals surface area contributed by atoms with Crippen LogP contribution in [0.15, 0.2) is 12.1 Å². The predicted octanol–water partition coefficient (Wildman–Crippen LogP) is 5.68. The Labute approximate surface area is 137 Å². The highest BCUT2D eigenvalue weighted by atomic mass is 79.9. The van der Waals surface area contributed by atoms with Gasteiger partial charge in [0.2, 0.25) is 0 Å². The number of ether oxygens (including phenoxy) is 1. The van der Waals surface area contributed by atoms with Gasteiger partial charge in [0, 0.05) is 5.33 Å². The number of aryl methyl sites for hydroxylation is 2. The van der Waals surface area contributed by atoms with Crippen molar-refractivity contribution in [2.45, 2.75) is 58.8 Å². The monoisotopic (exact) mass is 351 g/mol. The minimum absolute atomic E-state index is 0.709. The molecule has 3 heteroatoms. The Kier molecular flexibility index (Phi) is 9.17. The minimum atomic E-state index is 0.709. The molecule has 0 spiro atoms. The van der Waals surface area contributed by atoms with Crippen molar-refractivity contribution in [3.63, 3.8) is 0 Å². The maximum Gasteiger partial charge on any atom is 0.125 e. The van der Waals surface area contributed by atoms with Crippen LogP contribution in [0.5, 0.6) is 5.75 Å². The molecule has 0 fully saturated rings. The summed E-state index contributed by atoms with van der Waals surface area (Å²) in [5.41, 5.74) is 2.82. The molecule has 0 aliphatic rings. The van der Waals surface area contributed by atoms with E-state index in [-0.39, 0.29) is 0 Å². The molecule has 0 aliphatic heterocycles. The fraction of sp³-hybridized carbons (Fsp3) is 0.611. The van der Waals surface area contributed by atoms with Gasteiger partial charge in [0.25, 0.3) is 0 Å². The van der Waals surface area contributed by atoms with Crippen LogP contribution in [-0.2, 0) is 0 Å². The second kappa shape index (κ2) is 10.7. The molecule has 1 aromatic rings. The van der Waals surface area contributed by atoms with Gasteiger partial charge in [-0.15, -0.1) is 0 Å². The standard InChI is InChI=1S/C18H26BrNO/c1-15-12-17(14-20)13-16(2)18(15)21-11-9-7-5-3-4-6-8-10-19/h12-13H,3-11H2,1-2H3. The van der Waals surface area contributed by atoms with Crippen LogP contribution in [0, 0.1) is 25.2 Å². The van der Waals surface area contributed by atoms with Crippen LogP contribution in [0.1, 0.15) is 61.6 Å². The minimum Gasteiger partial charge on any atom is -0.493 e. The van der Waals surface area contributed by atoms with Gasteiger partial charge in [0.1, 0.15) is 5.75 Å². The highest BCUT2D eigenvalue weighted by Crippen LogP contribution is 2.24. The van der Waals surface area contributed by atoms with E-state index in [1.54, 1.807) is 0 Å². The number of benzene rings is 1. The lowest BCUT2D eigenvalue weighted by atomic mass is 10.1. The zero-order valence-electron chi connectivity index (χ0n) is 13.3. The van der Waals surface area contributed by atoms with E-state index in [0.717, 1.165) is 35.2 Å². The van der Waals surface area contributed by atoms with Gasteiger partial charge in [-0.2, -0.15) is 5.26 Å². The summed E-state index contributed by atoms with van der Waals surface area (Å²) in [5.74, 6) is 0.950. The van der Waals surface area contributed by atoms with Crippen molar-refractivity contribution in [1.82, 2.24) is 0 Å². The van der Waals surface area contributed by atoms with Crippen molar-refractivity contribution in [2.24, 2.45) is 0 Å². The number of rotatable bonds is 10. The van der Waals surface area contributed by atoms with Gasteiger partial charge < -0.3 is 4.74 Å². The van der Waals surface area contributed by atoms with Crippen LogP contribution in [-0.4, -0.2) is 11.9 Å². The molecule has 1 rings (SSSR count). The number of unbranched alkanes of at least 4 members (excludes halogenated alkanes) is 6. The van der Waals surface area contributed by atoms with E-state index in [2.05, 4.69) is 22.0 Å². The van der Waals surface area contributed by atoms with Gasteiger partial charge in [0.15, 0.2) is 0 Å². The molecule has 0 saturated heterocycles. The summed E-state index contributed by atoms with van der Waals surface area (Å²) < 4.78 is 5.90. The molecule has 0 radical (unpaired) electrons. The summed E-state index contributed by atoms with van der Waals surface area (Å²) in [6.45, 7) is 4.79. The molecule has 0 aliphatic carbocycles. The van der Waals surface area contributed by atoms with Crippen molar-refractivity contribution >= 4 is 15.9 Å². The molecule has 0 unspecified atom stereocenters. The Morgan fingerprint density at radius 1 is 0.952 bits per heavy atom. The number of hydrogen-bond donors (Lipinski definition) is 0. The van der Waals surface area contributed by atoms with E-state index in [1.165, 1.54) is 38.5 Å². The SMILES string of the molecule is Cc1cc(C#N)cc(C)c1OCCCCCCCCCBr. The maximum absolute atomic E-state index is 8.93. The average Bonchev–Trinajstić information content (AvgIpc) is 2.47. The lowest BCUT2D eigenvalue weighted by Gasteiger charge is -2.12. The van der Waals surface area contributed by atoms with Crippen LogP contribution in [0.2, 0.25) is 0 Å². The third-order valence-electron chi connectivity index (χ3n) is 3.61. The summed E-state index contributed by atoms with van der Waals surface area (Å²) in [5, 5.41) is 10.1. The molecule has 0 atom stereocenters. The Bertz CT molecular complexity index is 442. The first kappa shape index (κ1) is 18.0. The molecule has 21 heavy (non-hydrogen) atoms. The molecule has 0 aromatic heterocycles. The normalized spacial score (nSPS) is 10.4. The fourth-order valence-corrected chi connectivity index (χ4v) is 2.89. The Morgan fingerprint density at radius 2 is 1.48 bits per heavy atom. The predicted molar refractivity (Wildman–Crippen MR) is 92.2 cm³/mol. The molecule has 1 aromatic carbocycles. The number of halogens is 1. The quantitative estimate of drug-likeness (QED) is 0.401. The Balaban J connectivity index is 2.20. The van der Waals surface area contributed by atoms with Crippen molar-refractivity contribution in [3.05, 3.63) is 28.8 Å². The van der Waals surface area contributed by atoms with Crippen molar-refractivity contribution in [1.29, 1.82) is 5.26 Å². The number of hydrogen-bond acceptors (Lipinski definition) is 2. The average molecular weight is 352 g/mol. The van der Waals surface area contributed by atoms with Gasteiger partial charge in [-0.25, -0.2) is 0 Å². The third kappa shape index (κ3) is 7.00. The molecule has 0 saturated carbocycles. The summed E-state index contributed by atoms with van der Waals surface area (Å²) >= 11 is 3.46. The molecule has 0 amide bonds. The highest BCUT2D eigenvalue weighted by Gasteiger charge is 2.06. The Hall–Kier alpha value is -1.01. The topological polar surface area (TPSA) is 33.0 Å². The van der Waals surface area contributed by atoms with E-state index >= 15 is 0 Å². The summed E-state index contributed by atoms with van der Waals surface area (Å²) in [6, 6.07) is 5.97. The lowest BCUT2D eigenvalue weighted by Crippen LogP contribution is -2.01. The maximum atomic E-state index is 8.93. The fourth-order valence-electron chi connectivity index (χ4n) is 2.50. The first-order valence-electron chi connectivity index (χ1n) is 7.89. The lowest BCUT2D eigenvalue weighted by molar-refractivity contribution is 0.300. The van der Waals surface area contributed by atoms with Gasteiger partial charge in [0.05, 0.1) is 18.2 Å². The van der Waals surface area contributed by atoms with Gasteiger partial charge >= 0.3 is 0 Å². The molecule has 0 N–H and O–H groups in total. The number of nitrogens with zero attached hydrogens (tertiary/aromatic N) is 1.